The first-order valence-electron chi connectivity index (χ1n) is 8.28. The molecule has 0 saturated carbocycles. The molecular weight excluding hydrogens is 338 g/mol. The third-order valence-corrected chi connectivity index (χ3v) is 4.21. The van der Waals surface area contributed by atoms with Crippen LogP contribution in [0.5, 0.6) is 11.5 Å². The third kappa shape index (κ3) is 5.68. The number of hydrogen-bond acceptors (Lipinski definition) is 3. The molecule has 2 atom stereocenters. The van der Waals surface area contributed by atoms with Crippen molar-refractivity contribution in [1.82, 2.24) is 5.32 Å². The van der Waals surface area contributed by atoms with Crippen molar-refractivity contribution in [3.63, 3.8) is 0 Å². The number of aryl methyl sites for hydroxylation is 2. The monoisotopic (exact) mass is 361 g/mol. The molecule has 0 saturated heterocycles. The number of rotatable bonds is 7. The van der Waals surface area contributed by atoms with Crippen LogP contribution in [0.25, 0.3) is 0 Å². The molecule has 134 valence electrons. The molecule has 0 aliphatic rings. The van der Waals surface area contributed by atoms with Gasteiger partial charge in [-0.2, -0.15) is 0 Å². The van der Waals surface area contributed by atoms with E-state index in [2.05, 4.69) is 5.32 Å². The second kappa shape index (κ2) is 8.77. The fraction of sp³-hybridized carbons (Fsp3) is 0.350. The zero-order valence-corrected chi connectivity index (χ0v) is 15.8. The Balaban J connectivity index is 1.83. The van der Waals surface area contributed by atoms with Gasteiger partial charge in [0, 0.05) is 5.02 Å². The highest BCUT2D eigenvalue weighted by molar-refractivity contribution is 6.31. The molecule has 2 aromatic rings. The van der Waals surface area contributed by atoms with E-state index in [4.69, 9.17) is 21.1 Å². The van der Waals surface area contributed by atoms with Gasteiger partial charge >= 0.3 is 0 Å². The Bertz CT molecular complexity index is 733. The van der Waals surface area contributed by atoms with E-state index in [1.54, 1.807) is 19.1 Å². The van der Waals surface area contributed by atoms with Gasteiger partial charge in [-0.25, -0.2) is 0 Å². The highest BCUT2D eigenvalue weighted by Crippen LogP contribution is 2.22. The fourth-order valence-electron chi connectivity index (χ4n) is 2.28. The standard InChI is InChI=1S/C20H24ClNO3/c1-13-7-5-6-8-19(13)24-12-15(3)22-20(23)16(4)25-17-9-10-18(21)14(2)11-17/h5-11,15-16H,12H2,1-4H3,(H,22,23)/t15-,16+/m0/s1. The summed E-state index contributed by atoms with van der Waals surface area (Å²) in [6.45, 7) is 7.89. The van der Waals surface area contributed by atoms with E-state index in [9.17, 15) is 4.79 Å². The van der Waals surface area contributed by atoms with Gasteiger partial charge < -0.3 is 14.8 Å². The molecule has 0 spiro atoms. The predicted octanol–water partition coefficient (Wildman–Crippen LogP) is 4.31. The largest absolute Gasteiger partial charge is 0.491 e. The molecule has 0 heterocycles. The SMILES string of the molecule is Cc1cc(O[C@H](C)C(=O)N[C@@H](C)COc2ccccc2C)ccc1Cl. The van der Waals surface area contributed by atoms with E-state index in [0.717, 1.165) is 16.9 Å². The van der Waals surface area contributed by atoms with Gasteiger partial charge in [-0.1, -0.05) is 29.8 Å². The molecule has 1 amide bonds. The summed E-state index contributed by atoms with van der Waals surface area (Å²) in [5.74, 6) is 1.26. The Morgan fingerprint density at radius 1 is 1.12 bits per heavy atom. The second-order valence-corrected chi connectivity index (χ2v) is 6.56. The molecule has 0 unspecified atom stereocenters. The lowest BCUT2D eigenvalue weighted by molar-refractivity contribution is -0.128. The maximum absolute atomic E-state index is 12.3. The quantitative estimate of drug-likeness (QED) is 0.799. The van der Waals surface area contributed by atoms with Crippen LogP contribution in [0.2, 0.25) is 5.02 Å². The van der Waals surface area contributed by atoms with Crippen LogP contribution in [0.3, 0.4) is 0 Å². The van der Waals surface area contributed by atoms with Crippen molar-refractivity contribution < 1.29 is 14.3 Å². The zero-order valence-electron chi connectivity index (χ0n) is 15.0. The van der Waals surface area contributed by atoms with Gasteiger partial charge in [-0.05, 0) is 63.1 Å². The molecule has 0 fully saturated rings. The molecule has 2 rings (SSSR count). The lowest BCUT2D eigenvalue weighted by Gasteiger charge is -2.20. The first kappa shape index (κ1) is 19.1. The van der Waals surface area contributed by atoms with Crippen LogP contribution >= 0.6 is 11.6 Å². The number of hydrogen-bond donors (Lipinski definition) is 1. The van der Waals surface area contributed by atoms with Gasteiger partial charge in [0.05, 0.1) is 6.04 Å². The molecule has 4 nitrogen and oxygen atoms in total. The Kier molecular flexibility index (Phi) is 6.71. The Morgan fingerprint density at radius 3 is 2.52 bits per heavy atom. The van der Waals surface area contributed by atoms with Crippen molar-refractivity contribution in [1.29, 1.82) is 0 Å². The number of amides is 1. The van der Waals surface area contributed by atoms with E-state index in [0.29, 0.717) is 17.4 Å². The normalized spacial score (nSPS) is 13.0. The highest BCUT2D eigenvalue weighted by atomic mass is 35.5. The summed E-state index contributed by atoms with van der Waals surface area (Å²) < 4.78 is 11.4. The predicted molar refractivity (Wildman–Crippen MR) is 101 cm³/mol. The Hall–Kier alpha value is -2.20. The number of benzene rings is 2. The van der Waals surface area contributed by atoms with Gasteiger partial charge in [-0.15, -0.1) is 0 Å². The van der Waals surface area contributed by atoms with Gasteiger partial charge in [0.15, 0.2) is 6.10 Å². The topological polar surface area (TPSA) is 47.6 Å². The van der Waals surface area contributed by atoms with Crippen LogP contribution in [-0.4, -0.2) is 24.7 Å². The van der Waals surface area contributed by atoms with E-state index in [-0.39, 0.29) is 11.9 Å². The van der Waals surface area contributed by atoms with Crippen molar-refractivity contribution in [3.05, 3.63) is 58.6 Å². The first-order chi connectivity index (χ1) is 11.9. The number of para-hydroxylation sites is 1. The van der Waals surface area contributed by atoms with Crippen molar-refractivity contribution in [2.24, 2.45) is 0 Å². The smallest absolute Gasteiger partial charge is 0.261 e. The molecule has 0 aliphatic heterocycles. The molecule has 5 heteroatoms. The molecule has 0 bridgehead atoms. The molecule has 1 N–H and O–H groups in total. The average Bonchev–Trinajstić information content (AvgIpc) is 2.57. The minimum atomic E-state index is -0.610. The zero-order chi connectivity index (χ0) is 18.4. The first-order valence-corrected chi connectivity index (χ1v) is 8.66. The Morgan fingerprint density at radius 2 is 1.84 bits per heavy atom. The van der Waals surface area contributed by atoms with Crippen LogP contribution < -0.4 is 14.8 Å². The summed E-state index contributed by atoms with van der Waals surface area (Å²) in [6.07, 6.45) is -0.610. The number of ether oxygens (including phenoxy) is 2. The van der Waals surface area contributed by atoms with Crippen LogP contribution in [-0.2, 0) is 4.79 Å². The summed E-state index contributed by atoms with van der Waals surface area (Å²) in [5.41, 5.74) is 1.97. The minimum Gasteiger partial charge on any atom is -0.491 e. The van der Waals surface area contributed by atoms with Crippen LogP contribution in [0.1, 0.15) is 25.0 Å². The van der Waals surface area contributed by atoms with Crippen molar-refractivity contribution in [2.75, 3.05) is 6.61 Å². The molecule has 0 aromatic heterocycles. The second-order valence-electron chi connectivity index (χ2n) is 6.16. The maximum atomic E-state index is 12.3. The lowest BCUT2D eigenvalue weighted by atomic mass is 10.2. The van der Waals surface area contributed by atoms with Crippen LogP contribution in [0.15, 0.2) is 42.5 Å². The molecule has 2 aromatic carbocycles. The number of halogens is 1. The molecule has 0 aliphatic carbocycles. The van der Waals surface area contributed by atoms with Crippen molar-refractivity contribution in [3.8, 4) is 11.5 Å². The molecular formula is C20H24ClNO3. The van der Waals surface area contributed by atoms with Crippen molar-refractivity contribution in [2.45, 2.75) is 39.8 Å². The lowest BCUT2D eigenvalue weighted by Crippen LogP contribution is -2.43. The van der Waals surface area contributed by atoms with Gasteiger partial charge in [0.25, 0.3) is 5.91 Å². The molecule has 25 heavy (non-hydrogen) atoms. The van der Waals surface area contributed by atoms with Crippen LogP contribution in [0, 0.1) is 13.8 Å². The Labute approximate surface area is 154 Å². The van der Waals surface area contributed by atoms with E-state index >= 15 is 0 Å². The summed E-state index contributed by atoms with van der Waals surface area (Å²) in [4.78, 5) is 12.3. The summed E-state index contributed by atoms with van der Waals surface area (Å²) in [6, 6.07) is 13.0. The fourth-order valence-corrected chi connectivity index (χ4v) is 2.40. The van der Waals surface area contributed by atoms with Crippen LogP contribution in [0.4, 0.5) is 0 Å². The van der Waals surface area contributed by atoms with Gasteiger partial charge in [-0.3, -0.25) is 4.79 Å². The van der Waals surface area contributed by atoms with Gasteiger partial charge in [0.2, 0.25) is 0 Å². The van der Waals surface area contributed by atoms with E-state index in [1.165, 1.54) is 0 Å². The molecule has 0 radical (unpaired) electrons. The number of carbonyl (C=O) groups excluding carboxylic acids is 1. The minimum absolute atomic E-state index is 0.134. The number of nitrogens with one attached hydrogen (secondary N) is 1. The maximum Gasteiger partial charge on any atom is 0.261 e. The third-order valence-electron chi connectivity index (χ3n) is 3.78. The summed E-state index contributed by atoms with van der Waals surface area (Å²) in [7, 11) is 0. The van der Waals surface area contributed by atoms with Gasteiger partial charge in [0.1, 0.15) is 18.1 Å². The highest BCUT2D eigenvalue weighted by Gasteiger charge is 2.17. The summed E-state index contributed by atoms with van der Waals surface area (Å²) in [5, 5.41) is 3.57. The van der Waals surface area contributed by atoms with Crippen molar-refractivity contribution >= 4 is 17.5 Å². The van der Waals surface area contributed by atoms with E-state index in [1.807, 2.05) is 51.1 Å². The average molecular weight is 362 g/mol. The van der Waals surface area contributed by atoms with E-state index < -0.39 is 6.10 Å². The summed E-state index contributed by atoms with van der Waals surface area (Å²) >= 11 is 6.00. The number of carbonyl (C=O) groups is 1.